The smallest absolute Gasteiger partial charge is 0.157 e. The van der Waals surface area contributed by atoms with Gasteiger partial charge in [-0.2, -0.15) is 0 Å². The van der Waals surface area contributed by atoms with E-state index >= 15 is 0 Å². The van der Waals surface area contributed by atoms with Crippen LogP contribution >= 0.6 is 31.9 Å². The number of para-hydroxylation sites is 1. The molecule has 3 rings (SSSR count). The predicted octanol–water partition coefficient (Wildman–Crippen LogP) is 4.58. The Balaban J connectivity index is 2.52. The number of aromatic hydroxyl groups is 1. The van der Waals surface area contributed by atoms with Crippen LogP contribution in [-0.2, 0) is 6.42 Å². The van der Waals surface area contributed by atoms with Crippen LogP contribution in [0.4, 0.5) is 0 Å². The Kier molecular flexibility index (Phi) is 3.19. The van der Waals surface area contributed by atoms with E-state index in [1.165, 1.54) is 0 Å². The van der Waals surface area contributed by atoms with Gasteiger partial charge in [-0.1, -0.05) is 19.1 Å². The third kappa shape index (κ3) is 2.01. The Hall–Kier alpha value is -1.20. The second-order valence-electron chi connectivity index (χ2n) is 4.25. The molecule has 0 fully saturated rings. The molecule has 0 aliphatic rings. The molecular weight excluding hydrogens is 372 g/mol. The van der Waals surface area contributed by atoms with Gasteiger partial charge in [-0.05, 0) is 56.0 Å². The monoisotopic (exact) mass is 380 g/mol. The van der Waals surface area contributed by atoms with Gasteiger partial charge in [0, 0.05) is 4.47 Å². The molecule has 5 heteroatoms. The van der Waals surface area contributed by atoms with Crippen molar-refractivity contribution in [3.63, 3.8) is 0 Å². The minimum absolute atomic E-state index is 0.120. The highest BCUT2D eigenvalue weighted by atomic mass is 79.9. The maximum atomic E-state index is 10.1. The number of halogens is 2. The van der Waals surface area contributed by atoms with E-state index in [0.29, 0.717) is 15.5 Å². The molecule has 0 unspecified atom stereocenters. The zero-order valence-electron chi connectivity index (χ0n) is 10.1. The lowest BCUT2D eigenvalue weighted by Gasteiger charge is -2.08. The highest BCUT2D eigenvalue weighted by Crippen LogP contribution is 2.36. The molecule has 0 aliphatic heterocycles. The molecule has 0 saturated heterocycles. The first-order chi connectivity index (χ1) is 9.11. The molecule has 0 aliphatic carbocycles. The summed E-state index contributed by atoms with van der Waals surface area (Å²) in [7, 11) is 0. The third-order valence-corrected chi connectivity index (χ3v) is 4.30. The summed E-state index contributed by atoms with van der Waals surface area (Å²) >= 11 is 6.78. The normalized spacial score (nSPS) is 11.3. The van der Waals surface area contributed by atoms with Gasteiger partial charge in [-0.25, -0.2) is 9.97 Å². The van der Waals surface area contributed by atoms with E-state index in [0.717, 1.165) is 27.5 Å². The molecule has 3 aromatic rings. The number of nitrogens with zero attached hydrogens (tertiary/aromatic N) is 2. The molecule has 1 aromatic heterocycles. The number of hydrogen-bond donors (Lipinski definition) is 1. The average Bonchev–Trinajstić information content (AvgIpc) is 2.42. The molecule has 96 valence electrons. The molecule has 0 saturated carbocycles. The predicted molar refractivity (Wildman–Crippen MR) is 83.5 cm³/mol. The highest BCUT2D eigenvalue weighted by Gasteiger charge is 2.13. The Morgan fingerprint density at radius 3 is 2.58 bits per heavy atom. The van der Waals surface area contributed by atoms with E-state index in [-0.39, 0.29) is 5.75 Å². The van der Waals surface area contributed by atoms with Gasteiger partial charge in [-0.15, -0.1) is 0 Å². The number of phenolic OH excluding ortho intramolecular Hbond substituents is 1. The van der Waals surface area contributed by atoms with Crippen molar-refractivity contribution in [1.82, 2.24) is 9.97 Å². The van der Waals surface area contributed by atoms with Crippen LogP contribution in [0.15, 0.2) is 33.2 Å². The zero-order chi connectivity index (χ0) is 13.6. The van der Waals surface area contributed by atoms with Gasteiger partial charge in [0.25, 0.3) is 0 Å². The minimum Gasteiger partial charge on any atom is -0.504 e. The lowest BCUT2D eigenvalue weighted by atomic mass is 10.1. The summed E-state index contributed by atoms with van der Waals surface area (Å²) in [4.78, 5) is 9.19. The van der Waals surface area contributed by atoms with Crippen LogP contribution in [0.1, 0.15) is 12.5 Å². The van der Waals surface area contributed by atoms with Gasteiger partial charge >= 0.3 is 0 Å². The zero-order valence-corrected chi connectivity index (χ0v) is 13.3. The topological polar surface area (TPSA) is 46.0 Å². The fourth-order valence-electron chi connectivity index (χ4n) is 2.11. The van der Waals surface area contributed by atoms with Crippen molar-refractivity contribution in [2.75, 3.05) is 0 Å². The molecule has 2 aromatic carbocycles. The number of rotatable bonds is 1. The lowest BCUT2D eigenvalue weighted by molar-refractivity contribution is 0.477. The summed E-state index contributed by atoms with van der Waals surface area (Å²) in [6.07, 6.45) is 0.900. The average molecular weight is 382 g/mol. The van der Waals surface area contributed by atoms with Gasteiger partial charge in [-0.3, -0.25) is 0 Å². The first-order valence-electron chi connectivity index (χ1n) is 5.88. The number of aromatic nitrogens is 2. The Labute approximate surface area is 126 Å². The van der Waals surface area contributed by atoms with Crippen molar-refractivity contribution >= 4 is 53.9 Å². The fourth-order valence-corrected chi connectivity index (χ4v) is 3.34. The van der Waals surface area contributed by atoms with Crippen molar-refractivity contribution in [1.29, 1.82) is 0 Å². The van der Waals surface area contributed by atoms with E-state index in [2.05, 4.69) is 54.8 Å². The van der Waals surface area contributed by atoms with Crippen molar-refractivity contribution in [2.45, 2.75) is 13.3 Å². The summed E-state index contributed by atoms with van der Waals surface area (Å²) in [5.41, 5.74) is 4.02. The van der Waals surface area contributed by atoms with Crippen molar-refractivity contribution in [3.05, 3.63) is 38.8 Å². The summed E-state index contributed by atoms with van der Waals surface area (Å²) < 4.78 is 1.42. The summed E-state index contributed by atoms with van der Waals surface area (Å²) in [6, 6.07) is 7.71. The lowest BCUT2D eigenvalue weighted by Crippen LogP contribution is -1.93. The fraction of sp³-hybridized carbons (Fsp3) is 0.143. The Bertz CT molecular complexity index is 802. The molecule has 0 spiro atoms. The third-order valence-electron chi connectivity index (χ3n) is 3.09. The van der Waals surface area contributed by atoms with Crippen LogP contribution in [-0.4, -0.2) is 15.1 Å². The Morgan fingerprint density at radius 2 is 1.84 bits per heavy atom. The van der Waals surface area contributed by atoms with Crippen LogP contribution in [0.2, 0.25) is 0 Å². The van der Waals surface area contributed by atoms with Crippen molar-refractivity contribution in [2.24, 2.45) is 0 Å². The van der Waals surface area contributed by atoms with Crippen molar-refractivity contribution < 1.29 is 5.11 Å². The van der Waals surface area contributed by atoms with E-state index in [4.69, 9.17) is 0 Å². The van der Waals surface area contributed by atoms with Crippen LogP contribution in [0.25, 0.3) is 22.1 Å². The van der Waals surface area contributed by atoms with Gasteiger partial charge in [0.15, 0.2) is 5.75 Å². The quantitative estimate of drug-likeness (QED) is 0.627. The number of phenols is 1. The second-order valence-corrected chi connectivity index (χ2v) is 5.96. The van der Waals surface area contributed by atoms with Gasteiger partial charge < -0.3 is 5.11 Å². The van der Waals surface area contributed by atoms with Crippen LogP contribution in [0.5, 0.6) is 5.75 Å². The van der Waals surface area contributed by atoms with Crippen LogP contribution < -0.4 is 0 Å². The summed E-state index contributed by atoms with van der Waals surface area (Å²) in [6.45, 7) is 2.09. The largest absolute Gasteiger partial charge is 0.504 e. The number of hydrogen-bond acceptors (Lipinski definition) is 3. The molecule has 0 bridgehead atoms. The number of benzene rings is 2. The maximum absolute atomic E-state index is 10.1. The van der Waals surface area contributed by atoms with Crippen LogP contribution in [0, 0.1) is 0 Å². The molecule has 0 radical (unpaired) electrons. The standard InChI is InChI=1S/C14H10Br2N2O/c1-2-7-4-3-5-10-11(7)18-12-8(15)6-9(16)14(19)13(12)17-10/h3-6,19H,2H2,1H3. The molecule has 3 nitrogen and oxygen atoms in total. The molecule has 0 amide bonds. The van der Waals surface area contributed by atoms with E-state index in [1.807, 2.05) is 12.1 Å². The van der Waals surface area contributed by atoms with Gasteiger partial charge in [0.05, 0.1) is 15.5 Å². The maximum Gasteiger partial charge on any atom is 0.157 e. The first-order valence-corrected chi connectivity index (χ1v) is 7.46. The van der Waals surface area contributed by atoms with Crippen LogP contribution in [0.3, 0.4) is 0 Å². The van der Waals surface area contributed by atoms with E-state index in [9.17, 15) is 5.11 Å². The molecular formula is C14H10Br2N2O. The molecule has 1 N–H and O–H groups in total. The van der Waals surface area contributed by atoms with Gasteiger partial charge in [0.1, 0.15) is 11.0 Å². The van der Waals surface area contributed by atoms with Crippen molar-refractivity contribution in [3.8, 4) is 5.75 Å². The summed E-state index contributed by atoms with van der Waals surface area (Å²) in [5.74, 6) is 0.120. The number of fused-ring (bicyclic) bond motifs is 2. The Morgan fingerprint density at radius 1 is 1.05 bits per heavy atom. The van der Waals surface area contributed by atoms with Gasteiger partial charge in [0.2, 0.25) is 0 Å². The van der Waals surface area contributed by atoms with E-state index < -0.39 is 0 Å². The van der Waals surface area contributed by atoms with E-state index in [1.54, 1.807) is 6.07 Å². The summed E-state index contributed by atoms with van der Waals surface area (Å²) in [5, 5.41) is 10.1. The molecule has 0 atom stereocenters. The number of aryl methyl sites for hydroxylation is 1. The molecule has 1 heterocycles. The highest BCUT2D eigenvalue weighted by molar-refractivity contribution is 9.11. The first kappa shape index (κ1) is 12.8. The second kappa shape index (κ2) is 4.72. The SMILES string of the molecule is CCc1cccc2nc3c(O)c(Br)cc(Br)c3nc12. The minimum atomic E-state index is 0.120. The molecule has 19 heavy (non-hydrogen) atoms.